The lowest BCUT2D eigenvalue weighted by Gasteiger charge is -2.07. The van der Waals surface area contributed by atoms with Gasteiger partial charge in [-0.15, -0.1) is 0 Å². The normalized spacial score (nSPS) is 12.3. The van der Waals surface area contributed by atoms with Gasteiger partial charge in [-0.3, -0.25) is 0 Å². The van der Waals surface area contributed by atoms with Crippen LogP contribution in [0.25, 0.3) is 22.0 Å². The fourth-order valence-electron chi connectivity index (χ4n) is 4.00. The van der Waals surface area contributed by atoms with Gasteiger partial charge >= 0.3 is 0 Å². The number of H-pyrrole nitrogens is 1. The maximum atomic E-state index is 5.64. The molecule has 2 aromatic heterocycles. The highest BCUT2D eigenvalue weighted by molar-refractivity contribution is 5.83. The SMILES string of the molecule is C[NH2+]C(Cc1c[nH]c2ccccc12)c1nc(Cc2ccc(-c3ccccc3)cc2)no1. The Morgan fingerprint density at radius 2 is 1.65 bits per heavy atom. The molecule has 0 aliphatic heterocycles. The molecule has 31 heavy (non-hydrogen) atoms. The first-order valence-electron chi connectivity index (χ1n) is 10.6. The van der Waals surface area contributed by atoms with E-state index in [0.717, 1.165) is 11.9 Å². The Bertz CT molecular complexity index is 1270. The molecule has 5 nitrogen and oxygen atoms in total. The Morgan fingerprint density at radius 3 is 2.45 bits per heavy atom. The van der Waals surface area contributed by atoms with Gasteiger partial charge in [-0.1, -0.05) is 78.0 Å². The Hall–Kier alpha value is -3.70. The van der Waals surface area contributed by atoms with Crippen LogP contribution in [0.2, 0.25) is 0 Å². The van der Waals surface area contributed by atoms with Gasteiger partial charge in [-0.2, -0.15) is 4.98 Å². The number of hydrogen-bond donors (Lipinski definition) is 2. The van der Waals surface area contributed by atoms with E-state index in [1.807, 2.05) is 19.2 Å². The van der Waals surface area contributed by atoms with Crippen LogP contribution >= 0.6 is 0 Å². The van der Waals surface area contributed by atoms with Gasteiger partial charge in [-0.25, -0.2) is 0 Å². The maximum absolute atomic E-state index is 5.64. The van der Waals surface area contributed by atoms with Gasteiger partial charge in [0, 0.05) is 29.9 Å². The Balaban J connectivity index is 1.29. The van der Waals surface area contributed by atoms with Crippen molar-refractivity contribution >= 4 is 10.9 Å². The van der Waals surface area contributed by atoms with Crippen LogP contribution < -0.4 is 5.32 Å². The summed E-state index contributed by atoms with van der Waals surface area (Å²) >= 11 is 0. The third-order valence-corrected chi connectivity index (χ3v) is 5.74. The first-order valence-corrected chi connectivity index (χ1v) is 10.6. The summed E-state index contributed by atoms with van der Waals surface area (Å²) in [6.45, 7) is 0. The second-order valence-corrected chi connectivity index (χ2v) is 7.79. The standard InChI is InChI=1S/C26H24N4O/c1-27-24(16-21-17-28-23-10-6-5-9-22(21)23)26-29-25(30-31-26)15-18-11-13-20(14-12-18)19-7-3-2-4-8-19/h2-14,17,24,27-28H,15-16H2,1H3/p+1. The molecule has 1 unspecified atom stereocenters. The number of aromatic amines is 1. The van der Waals surface area contributed by atoms with E-state index >= 15 is 0 Å². The van der Waals surface area contributed by atoms with Crippen LogP contribution in [0.4, 0.5) is 0 Å². The van der Waals surface area contributed by atoms with E-state index in [1.54, 1.807) is 0 Å². The van der Waals surface area contributed by atoms with E-state index in [2.05, 4.69) is 88.4 Å². The molecular formula is C26H25N4O+. The van der Waals surface area contributed by atoms with Gasteiger partial charge in [0.05, 0.1) is 7.05 Å². The molecule has 0 aliphatic carbocycles. The number of aromatic nitrogens is 3. The van der Waals surface area contributed by atoms with Gasteiger partial charge in [0.25, 0.3) is 5.89 Å². The fraction of sp³-hybridized carbons (Fsp3) is 0.154. The minimum atomic E-state index is 0.0842. The summed E-state index contributed by atoms with van der Waals surface area (Å²) in [6, 6.07) is 27.4. The third-order valence-electron chi connectivity index (χ3n) is 5.74. The number of hydrogen-bond acceptors (Lipinski definition) is 3. The van der Waals surface area contributed by atoms with Crippen molar-refractivity contribution in [3.05, 3.63) is 108 Å². The average molecular weight is 410 g/mol. The quantitative estimate of drug-likeness (QED) is 0.421. The van der Waals surface area contributed by atoms with Gasteiger partial charge < -0.3 is 14.8 Å². The monoisotopic (exact) mass is 409 g/mol. The van der Waals surface area contributed by atoms with E-state index in [-0.39, 0.29) is 6.04 Å². The summed E-state index contributed by atoms with van der Waals surface area (Å²) in [7, 11) is 2.05. The molecule has 0 saturated heterocycles. The highest BCUT2D eigenvalue weighted by Crippen LogP contribution is 2.23. The van der Waals surface area contributed by atoms with Gasteiger partial charge in [0.1, 0.15) is 0 Å². The van der Waals surface area contributed by atoms with E-state index in [9.17, 15) is 0 Å². The zero-order chi connectivity index (χ0) is 21.0. The number of benzene rings is 3. The minimum absolute atomic E-state index is 0.0842. The molecule has 1 atom stereocenters. The Kier molecular flexibility index (Phi) is 5.33. The minimum Gasteiger partial charge on any atom is -0.361 e. The lowest BCUT2D eigenvalue weighted by Crippen LogP contribution is -2.81. The molecule has 5 heteroatoms. The van der Waals surface area contributed by atoms with Crippen LogP contribution in [0.3, 0.4) is 0 Å². The van der Waals surface area contributed by atoms with E-state index in [4.69, 9.17) is 9.51 Å². The van der Waals surface area contributed by atoms with Crippen molar-refractivity contribution in [3.8, 4) is 11.1 Å². The van der Waals surface area contributed by atoms with Crippen LogP contribution in [-0.4, -0.2) is 22.2 Å². The second kappa shape index (κ2) is 8.58. The van der Waals surface area contributed by atoms with Crippen molar-refractivity contribution in [2.75, 3.05) is 7.05 Å². The van der Waals surface area contributed by atoms with Crippen LogP contribution in [0.5, 0.6) is 0 Å². The molecule has 0 fully saturated rings. The molecule has 3 aromatic carbocycles. The van der Waals surface area contributed by atoms with Crippen molar-refractivity contribution in [2.24, 2.45) is 0 Å². The molecule has 2 heterocycles. The van der Waals surface area contributed by atoms with Gasteiger partial charge in [-0.05, 0) is 28.3 Å². The summed E-state index contributed by atoms with van der Waals surface area (Å²) in [5.74, 6) is 1.39. The summed E-state index contributed by atoms with van der Waals surface area (Å²) in [6.07, 6.45) is 3.56. The lowest BCUT2D eigenvalue weighted by molar-refractivity contribution is -0.672. The molecule has 0 radical (unpaired) electrons. The van der Waals surface area contributed by atoms with E-state index in [1.165, 1.54) is 27.6 Å². The molecule has 5 rings (SSSR count). The highest BCUT2D eigenvalue weighted by atomic mass is 16.5. The zero-order valence-corrected chi connectivity index (χ0v) is 17.5. The first kappa shape index (κ1) is 19.3. The third kappa shape index (κ3) is 4.13. The smallest absolute Gasteiger partial charge is 0.285 e. The molecule has 0 aliphatic rings. The summed E-state index contributed by atoms with van der Waals surface area (Å²) in [5, 5.41) is 7.61. The van der Waals surface area contributed by atoms with Crippen molar-refractivity contribution in [1.82, 2.24) is 15.1 Å². The summed E-state index contributed by atoms with van der Waals surface area (Å²) < 4.78 is 5.64. The molecule has 3 N–H and O–H groups in total. The number of rotatable bonds is 7. The Labute approximate surface area is 181 Å². The number of quaternary nitrogens is 1. The zero-order valence-electron chi connectivity index (χ0n) is 17.5. The molecule has 0 spiro atoms. The van der Waals surface area contributed by atoms with Crippen molar-refractivity contribution < 1.29 is 9.84 Å². The molecular weight excluding hydrogens is 384 g/mol. The topological polar surface area (TPSA) is 71.3 Å². The van der Waals surface area contributed by atoms with Gasteiger partial charge in [0.15, 0.2) is 11.9 Å². The largest absolute Gasteiger partial charge is 0.361 e. The predicted molar refractivity (Wildman–Crippen MR) is 122 cm³/mol. The van der Waals surface area contributed by atoms with E-state index in [0.29, 0.717) is 18.1 Å². The number of para-hydroxylation sites is 1. The molecule has 0 saturated carbocycles. The highest BCUT2D eigenvalue weighted by Gasteiger charge is 2.22. The number of fused-ring (bicyclic) bond motifs is 1. The second-order valence-electron chi connectivity index (χ2n) is 7.79. The van der Waals surface area contributed by atoms with Crippen molar-refractivity contribution in [1.29, 1.82) is 0 Å². The number of likely N-dealkylation sites (N-methyl/N-ethyl adjacent to an activating group) is 1. The first-order chi connectivity index (χ1) is 15.3. The molecule has 154 valence electrons. The Morgan fingerprint density at radius 1 is 0.903 bits per heavy atom. The van der Waals surface area contributed by atoms with Crippen LogP contribution in [0.1, 0.15) is 28.9 Å². The van der Waals surface area contributed by atoms with Crippen LogP contribution in [0, 0.1) is 0 Å². The molecule has 0 bridgehead atoms. The molecule has 5 aromatic rings. The van der Waals surface area contributed by atoms with Gasteiger partial charge in [0.2, 0.25) is 0 Å². The number of nitrogens with one attached hydrogen (secondary N) is 1. The van der Waals surface area contributed by atoms with Crippen molar-refractivity contribution in [2.45, 2.75) is 18.9 Å². The summed E-state index contributed by atoms with van der Waals surface area (Å²) in [4.78, 5) is 8.04. The average Bonchev–Trinajstić information content (AvgIpc) is 3.46. The van der Waals surface area contributed by atoms with Crippen LogP contribution in [0.15, 0.2) is 89.6 Å². The maximum Gasteiger partial charge on any atom is 0.285 e. The number of nitrogens with zero attached hydrogens (tertiary/aromatic N) is 2. The summed E-state index contributed by atoms with van der Waals surface area (Å²) in [5.41, 5.74) is 6.00. The fourth-order valence-corrected chi connectivity index (χ4v) is 4.00. The van der Waals surface area contributed by atoms with E-state index < -0.39 is 0 Å². The lowest BCUT2D eigenvalue weighted by atomic mass is 10.0. The number of nitrogens with two attached hydrogens (primary N) is 1. The molecule has 0 amide bonds. The van der Waals surface area contributed by atoms with Crippen LogP contribution in [-0.2, 0) is 12.8 Å². The predicted octanol–water partition coefficient (Wildman–Crippen LogP) is 4.29. The van der Waals surface area contributed by atoms with Crippen molar-refractivity contribution in [3.63, 3.8) is 0 Å².